The first kappa shape index (κ1) is 13.7. The molecule has 0 aliphatic carbocycles. The van der Waals surface area contributed by atoms with Crippen LogP contribution in [0.4, 0.5) is 0 Å². The molecule has 0 aliphatic heterocycles. The van der Waals surface area contributed by atoms with Crippen LogP contribution in [0.3, 0.4) is 0 Å². The van der Waals surface area contributed by atoms with Crippen molar-refractivity contribution in [2.24, 2.45) is 0 Å². The fourth-order valence-corrected chi connectivity index (χ4v) is 3.74. The summed E-state index contributed by atoms with van der Waals surface area (Å²) in [5.41, 5.74) is 0.981. The number of hydrogen-bond acceptors (Lipinski definition) is 5. The number of carboxylic acids is 1. The number of aromatic carboxylic acids is 1. The molecule has 100 valence electrons. The van der Waals surface area contributed by atoms with Crippen molar-refractivity contribution < 1.29 is 18.3 Å². The third-order valence-electron chi connectivity index (χ3n) is 2.33. The zero-order valence-corrected chi connectivity index (χ0v) is 11.4. The van der Waals surface area contributed by atoms with Crippen LogP contribution in [0.2, 0.25) is 0 Å². The van der Waals surface area contributed by atoms with E-state index in [1.165, 1.54) is 5.38 Å². The maximum Gasteiger partial charge on any atom is 0.365 e. The maximum atomic E-state index is 12.0. The Labute approximate surface area is 114 Å². The summed E-state index contributed by atoms with van der Waals surface area (Å²) in [7, 11) is -3.35. The molecule has 19 heavy (non-hydrogen) atoms. The second kappa shape index (κ2) is 5.50. The Kier molecular flexibility index (Phi) is 3.96. The minimum absolute atomic E-state index is 0.0756. The van der Waals surface area contributed by atoms with E-state index in [-0.39, 0.29) is 22.2 Å². The standard InChI is InChI=1S/C12H11NO4S2/c14-12(15)11-13-10(6-18-11)8-19(16,17)7-9-4-2-1-3-5-9/h1-6H,7-8H2,(H,14,15). The predicted molar refractivity (Wildman–Crippen MR) is 71.8 cm³/mol. The van der Waals surface area contributed by atoms with Gasteiger partial charge in [0.05, 0.1) is 17.2 Å². The van der Waals surface area contributed by atoms with E-state index in [0.29, 0.717) is 5.56 Å². The fourth-order valence-electron chi connectivity index (χ4n) is 1.58. The summed E-state index contributed by atoms with van der Waals surface area (Å²) in [6.07, 6.45) is 0. The van der Waals surface area contributed by atoms with Crippen LogP contribution in [0.5, 0.6) is 0 Å². The molecule has 1 heterocycles. The van der Waals surface area contributed by atoms with Crippen molar-refractivity contribution in [3.63, 3.8) is 0 Å². The number of benzene rings is 1. The topological polar surface area (TPSA) is 84.3 Å². The zero-order valence-electron chi connectivity index (χ0n) is 9.81. The van der Waals surface area contributed by atoms with Gasteiger partial charge in [0.15, 0.2) is 9.84 Å². The Morgan fingerprint density at radius 3 is 2.47 bits per heavy atom. The molecule has 0 saturated heterocycles. The molecule has 2 rings (SSSR count). The number of sulfone groups is 1. The lowest BCUT2D eigenvalue weighted by Crippen LogP contribution is -2.08. The second-order valence-electron chi connectivity index (χ2n) is 3.97. The van der Waals surface area contributed by atoms with Crippen molar-refractivity contribution in [3.05, 3.63) is 52.0 Å². The van der Waals surface area contributed by atoms with Gasteiger partial charge in [-0.05, 0) is 5.56 Å². The molecule has 0 saturated carbocycles. The quantitative estimate of drug-likeness (QED) is 0.912. The van der Waals surface area contributed by atoms with Crippen molar-refractivity contribution in [1.82, 2.24) is 4.98 Å². The number of thiazole rings is 1. The number of aromatic nitrogens is 1. The van der Waals surface area contributed by atoms with E-state index in [1.54, 1.807) is 24.3 Å². The van der Waals surface area contributed by atoms with Gasteiger partial charge in [-0.3, -0.25) is 0 Å². The molecule has 0 radical (unpaired) electrons. The van der Waals surface area contributed by atoms with Crippen LogP contribution in [0.25, 0.3) is 0 Å². The highest BCUT2D eigenvalue weighted by Crippen LogP contribution is 2.15. The summed E-state index contributed by atoms with van der Waals surface area (Å²) in [5, 5.41) is 10.1. The highest BCUT2D eigenvalue weighted by atomic mass is 32.2. The highest BCUT2D eigenvalue weighted by Gasteiger charge is 2.17. The molecule has 0 spiro atoms. The predicted octanol–water partition coefficient (Wildman–Crippen LogP) is 1.96. The summed E-state index contributed by atoms with van der Waals surface area (Å²) < 4.78 is 23.9. The van der Waals surface area contributed by atoms with E-state index < -0.39 is 15.8 Å². The third-order valence-corrected chi connectivity index (χ3v) is 4.72. The number of carboxylic acid groups (broad SMARTS) is 1. The van der Waals surface area contributed by atoms with Gasteiger partial charge < -0.3 is 5.11 Å². The number of rotatable bonds is 5. The first-order valence-electron chi connectivity index (χ1n) is 5.38. The molecule has 1 aromatic heterocycles. The molecule has 0 fully saturated rings. The summed E-state index contributed by atoms with van der Waals surface area (Å²) in [6.45, 7) is 0. The van der Waals surface area contributed by atoms with Gasteiger partial charge >= 0.3 is 5.97 Å². The number of hydrogen-bond donors (Lipinski definition) is 1. The van der Waals surface area contributed by atoms with Crippen molar-refractivity contribution in [1.29, 1.82) is 0 Å². The lowest BCUT2D eigenvalue weighted by molar-refractivity contribution is 0.0696. The van der Waals surface area contributed by atoms with Crippen molar-refractivity contribution in [2.45, 2.75) is 11.5 Å². The van der Waals surface area contributed by atoms with Gasteiger partial charge in [-0.15, -0.1) is 11.3 Å². The van der Waals surface area contributed by atoms with E-state index in [4.69, 9.17) is 5.11 Å². The minimum atomic E-state index is -3.35. The average Bonchev–Trinajstić information content (AvgIpc) is 2.77. The zero-order chi connectivity index (χ0) is 13.9. The van der Waals surface area contributed by atoms with Gasteiger partial charge in [0.1, 0.15) is 0 Å². The number of nitrogens with zero attached hydrogens (tertiary/aromatic N) is 1. The van der Waals surface area contributed by atoms with E-state index in [2.05, 4.69) is 4.98 Å². The summed E-state index contributed by atoms with van der Waals surface area (Å²) in [6, 6.07) is 8.84. The molecule has 0 aliphatic rings. The number of carbonyl (C=O) groups is 1. The Hall–Kier alpha value is -1.73. The van der Waals surface area contributed by atoms with Gasteiger partial charge in [-0.2, -0.15) is 0 Å². The molecular weight excluding hydrogens is 286 g/mol. The van der Waals surface area contributed by atoms with Crippen LogP contribution in [-0.2, 0) is 21.3 Å². The van der Waals surface area contributed by atoms with Crippen LogP contribution >= 0.6 is 11.3 Å². The van der Waals surface area contributed by atoms with E-state index in [9.17, 15) is 13.2 Å². The molecule has 0 atom stereocenters. The Morgan fingerprint density at radius 2 is 1.89 bits per heavy atom. The van der Waals surface area contributed by atoms with Crippen molar-refractivity contribution >= 4 is 27.1 Å². The van der Waals surface area contributed by atoms with Crippen LogP contribution in [0.15, 0.2) is 35.7 Å². The molecule has 0 unspecified atom stereocenters. The Bertz CT molecular complexity index is 677. The normalized spacial score (nSPS) is 11.4. The molecule has 7 heteroatoms. The van der Waals surface area contributed by atoms with Gasteiger partial charge in [-0.25, -0.2) is 18.2 Å². The van der Waals surface area contributed by atoms with E-state index >= 15 is 0 Å². The third kappa shape index (κ3) is 3.87. The Morgan fingerprint density at radius 1 is 1.21 bits per heavy atom. The van der Waals surface area contributed by atoms with Gasteiger partial charge in [0.25, 0.3) is 0 Å². The van der Waals surface area contributed by atoms with Crippen LogP contribution in [-0.4, -0.2) is 24.5 Å². The largest absolute Gasteiger partial charge is 0.476 e. The van der Waals surface area contributed by atoms with Crippen LogP contribution in [0.1, 0.15) is 21.1 Å². The monoisotopic (exact) mass is 297 g/mol. The lowest BCUT2D eigenvalue weighted by atomic mass is 10.2. The smallest absolute Gasteiger partial charge is 0.365 e. The molecular formula is C12H11NO4S2. The van der Waals surface area contributed by atoms with Crippen LogP contribution < -0.4 is 0 Å². The lowest BCUT2D eigenvalue weighted by Gasteiger charge is -2.02. The molecule has 2 aromatic rings. The SMILES string of the molecule is O=C(O)c1nc(CS(=O)(=O)Cc2ccccc2)cs1. The maximum absolute atomic E-state index is 12.0. The molecule has 0 amide bonds. The highest BCUT2D eigenvalue weighted by molar-refractivity contribution is 7.89. The van der Waals surface area contributed by atoms with Gasteiger partial charge in [0.2, 0.25) is 5.01 Å². The molecule has 5 nitrogen and oxygen atoms in total. The first-order valence-corrected chi connectivity index (χ1v) is 8.08. The van der Waals surface area contributed by atoms with Crippen LogP contribution in [0, 0.1) is 0 Å². The van der Waals surface area contributed by atoms with Crippen molar-refractivity contribution in [3.8, 4) is 0 Å². The van der Waals surface area contributed by atoms with Gasteiger partial charge in [-0.1, -0.05) is 30.3 Å². The van der Waals surface area contributed by atoms with E-state index in [1.807, 2.05) is 6.07 Å². The summed E-state index contributed by atoms with van der Waals surface area (Å²) >= 11 is 0.930. The molecule has 1 aromatic carbocycles. The summed E-state index contributed by atoms with van der Waals surface area (Å²) in [5.74, 6) is -1.46. The summed E-state index contributed by atoms with van der Waals surface area (Å²) in [4.78, 5) is 14.4. The second-order valence-corrected chi connectivity index (χ2v) is 6.89. The fraction of sp³-hybridized carbons (Fsp3) is 0.167. The van der Waals surface area contributed by atoms with E-state index in [0.717, 1.165) is 11.3 Å². The molecule has 0 bridgehead atoms. The Balaban J connectivity index is 2.10. The average molecular weight is 297 g/mol. The van der Waals surface area contributed by atoms with Gasteiger partial charge in [0, 0.05) is 5.38 Å². The van der Waals surface area contributed by atoms with Crippen molar-refractivity contribution in [2.75, 3.05) is 0 Å². The minimum Gasteiger partial charge on any atom is -0.476 e. The molecule has 1 N–H and O–H groups in total. The first-order chi connectivity index (χ1) is 8.96.